The molecule has 0 saturated heterocycles. The van der Waals surface area contributed by atoms with Crippen LogP contribution in [0.5, 0.6) is 5.75 Å². The highest BCUT2D eigenvalue weighted by atomic mass is 32.2. The molecule has 0 aliphatic heterocycles. The van der Waals surface area contributed by atoms with Gasteiger partial charge >= 0.3 is 10.1 Å². The Morgan fingerprint density at radius 2 is 1.76 bits per heavy atom. The number of rotatable bonds is 3. The molecule has 1 aromatic carbocycles. The second kappa shape index (κ2) is 4.46. The maximum absolute atomic E-state index is 11.1. The normalized spacial score (nSPS) is 11.1. The van der Waals surface area contributed by atoms with E-state index in [1.165, 1.54) is 12.7 Å². The SMILES string of the molecule is CS(=O)(=O)Oc1ccccc1-c1ncncn1. The quantitative estimate of drug-likeness (QED) is 0.753. The minimum atomic E-state index is -3.58. The molecule has 2 rings (SSSR count). The lowest BCUT2D eigenvalue weighted by Gasteiger charge is -2.07. The molecule has 1 aromatic heterocycles. The van der Waals surface area contributed by atoms with E-state index in [0.717, 1.165) is 6.26 Å². The third-order valence-electron chi connectivity index (χ3n) is 1.86. The zero-order valence-corrected chi connectivity index (χ0v) is 9.76. The van der Waals surface area contributed by atoms with Crippen molar-refractivity contribution >= 4 is 10.1 Å². The van der Waals surface area contributed by atoms with Crippen molar-refractivity contribution in [3.63, 3.8) is 0 Å². The fraction of sp³-hybridized carbons (Fsp3) is 0.100. The van der Waals surface area contributed by atoms with Crippen molar-refractivity contribution in [2.24, 2.45) is 0 Å². The molecular weight excluding hydrogens is 242 g/mol. The van der Waals surface area contributed by atoms with Crippen molar-refractivity contribution in [2.45, 2.75) is 0 Å². The monoisotopic (exact) mass is 251 g/mol. The number of benzene rings is 1. The topological polar surface area (TPSA) is 82.0 Å². The van der Waals surface area contributed by atoms with Crippen LogP contribution in [0.2, 0.25) is 0 Å². The maximum atomic E-state index is 11.1. The minimum absolute atomic E-state index is 0.196. The highest BCUT2D eigenvalue weighted by Gasteiger charge is 2.12. The Morgan fingerprint density at radius 3 is 2.41 bits per heavy atom. The summed E-state index contributed by atoms with van der Waals surface area (Å²) < 4.78 is 27.1. The molecule has 0 saturated carbocycles. The molecule has 6 nitrogen and oxygen atoms in total. The Balaban J connectivity index is 2.49. The summed E-state index contributed by atoms with van der Waals surface area (Å²) in [5.41, 5.74) is 0.500. The molecule has 7 heteroatoms. The summed E-state index contributed by atoms with van der Waals surface area (Å²) in [7, 11) is -3.58. The lowest BCUT2D eigenvalue weighted by Crippen LogP contribution is -2.07. The summed E-state index contributed by atoms with van der Waals surface area (Å²) in [5.74, 6) is 0.556. The molecule has 0 radical (unpaired) electrons. The molecule has 0 aliphatic carbocycles. The van der Waals surface area contributed by atoms with E-state index in [2.05, 4.69) is 15.0 Å². The smallest absolute Gasteiger partial charge is 0.306 e. The summed E-state index contributed by atoms with van der Waals surface area (Å²) >= 11 is 0. The van der Waals surface area contributed by atoms with E-state index < -0.39 is 10.1 Å². The summed E-state index contributed by atoms with van der Waals surface area (Å²) in [5, 5.41) is 0. The molecule has 0 atom stereocenters. The van der Waals surface area contributed by atoms with Gasteiger partial charge in [0, 0.05) is 0 Å². The predicted molar refractivity (Wildman–Crippen MR) is 60.7 cm³/mol. The van der Waals surface area contributed by atoms with Crippen LogP contribution in [0.4, 0.5) is 0 Å². The van der Waals surface area contributed by atoms with Gasteiger partial charge in [-0.15, -0.1) is 0 Å². The van der Waals surface area contributed by atoms with Gasteiger partial charge in [0.25, 0.3) is 0 Å². The molecular formula is C10H9N3O3S. The van der Waals surface area contributed by atoms with Crippen LogP contribution in [-0.2, 0) is 10.1 Å². The Kier molecular flexibility index (Phi) is 3.01. The van der Waals surface area contributed by atoms with Crippen molar-refractivity contribution in [2.75, 3.05) is 6.26 Å². The first-order valence-corrected chi connectivity index (χ1v) is 6.49. The highest BCUT2D eigenvalue weighted by Crippen LogP contribution is 2.27. The van der Waals surface area contributed by atoms with Crippen LogP contribution in [0.1, 0.15) is 0 Å². The van der Waals surface area contributed by atoms with E-state index in [1.54, 1.807) is 24.3 Å². The van der Waals surface area contributed by atoms with E-state index in [1.807, 2.05) is 0 Å². The van der Waals surface area contributed by atoms with Gasteiger partial charge in [-0.3, -0.25) is 0 Å². The molecule has 0 fully saturated rings. The zero-order valence-electron chi connectivity index (χ0n) is 8.94. The summed E-state index contributed by atoms with van der Waals surface area (Å²) in [6.45, 7) is 0. The van der Waals surface area contributed by atoms with E-state index in [0.29, 0.717) is 11.4 Å². The van der Waals surface area contributed by atoms with Crippen LogP contribution in [0, 0.1) is 0 Å². The first-order chi connectivity index (χ1) is 8.06. The molecule has 1 heterocycles. The van der Waals surface area contributed by atoms with Gasteiger partial charge < -0.3 is 4.18 Å². The average Bonchev–Trinajstić information content (AvgIpc) is 2.29. The molecule has 2 aromatic rings. The Morgan fingerprint density at radius 1 is 1.12 bits per heavy atom. The average molecular weight is 251 g/mol. The first-order valence-electron chi connectivity index (χ1n) is 4.67. The van der Waals surface area contributed by atoms with Crippen molar-refractivity contribution in [3.05, 3.63) is 36.9 Å². The minimum Gasteiger partial charge on any atom is -0.382 e. The number of nitrogens with zero attached hydrogens (tertiary/aromatic N) is 3. The fourth-order valence-corrected chi connectivity index (χ4v) is 1.74. The third-order valence-corrected chi connectivity index (χ3v) is 2.34. The predicted octanol–water partition coefficient (Wildman–Crippen LogP) is 0.877. The van der Waals surface area contributed by atoms with E-state index >= 15 is 0 Å². The Hall–Kier alpha value is -2.02. The Bertz CT molecular complexity index is 614. The maximum Gasteiger partial charge on any atom is 0.306 e. The molecule has 0 aliphatic rings. The van der Waals surface area contributed by atoms with Crippen LogP contribution in [0.3, 0.4) is 0 Å². The second-order valence-corrected chi connectivity index (χ2v) is 4.82. The molecule has 0 unspecified atom stereocenters. The lowest BCUT2D eigenvalue weighted by molar-refractivity contribution is 0.493. The van der Waals surface area contributed by atoms with Gasteiger partial charge in [-0.05, 0) is 12.1 Å². The van der Waals surface area contributed by atoms with E-state index in [-0.39, 0.29) is 5.75 Å². The largest absolute Gasteiger partial charge is 0.382 e. The van der Waals surface area contributed by atoms with Gasteiger partial charge in [0.15, 0.2) is 11.6 Å². The van der Waals surface area contributed by atoms with Crippen molar-refractivity contribution in [1.82, 2.24) is 15.0 Å². The standard InChI is InChI=1S/C10H9N3O3S/c1-17(14,15)16-9-5-3-2-4-8(9)10-12-6-11-7-13-10/h2-7H,1H3. The number of hydrogen-bond donors (Lipinski definition) is 0. The first kappa shape index (κ1) is 11.5. The van der Waals surface area contributed by atoms with Gasteiger partial charge in [-0.1, -0.05) is 12.1 Å². The van der Waals surface area contributed by atoms with Gasteiger partial charge in [0.05, 0.1) is 11.8 Å². The summed E-state index contributed by atoms with van der Waals surface area (Å²) in [6.07, 6.45) is 3.65. The molecule has 0 bridgehead atoms. The lowest BCUT2D eigenvalue weighted by atomic mass is 10.2. The van der Waals surface area contributed by atoms with E-state index in [4.69, 9.17) is 4.18 Å². The van der Waals surface area contributed by atoms with Gasteiger partial charge in [0.2, 0.25) is 0 Å². The second-order valence-electron chi connectivity index (χ2n) is 3.25. The van der Waals surface area contributed by atoms with Crippen LogP contribution >= 0.6 is 0 Å². The van der Waals surface area contributed by atoms with Crippen LogP contribution in [0.25, 0.3) is 11.4 Å². The van der Waals surface area contributed by atoms with Crippen LogP contribution in [0.15, 0.2) is 36.9 Å². The van der Waals surface area contributed by atoms with Crippen LogP contribution in [-0.4, -0.2) is 29.6 Å². The Labute approximate surface area is 98.5 Å². The molecule has 0 amide bonds. The number of aromatic nitrogens is 3. The highest BCUT2D eigenvalue weighted by molar-refractivity contribution is 7.86. The number of hydrogen-bond acceptors (Lipinski definition) is 6. The van der Waals surface area contributed by atoms with Gasteiger partial charge in [0.1, 0.15) is 12.7 Å². The summed E-state index contributed by atoms with van der Waals surface area (Å²) in [6, 6.07) is 6.63. The molecule has 0 N–H and O–H groups in total. The third kappa shape index (κ3) is 2.97. The van der Waals surface area contributed by atoms with Crippen LogP contribution < -0.4 is 4.18 Å². The van der Waals surface area contributed by atoms with E-state index in [9.17, 15) is 8.42 Å². The van der Waals surface area contributed by atoms with Gasteiger partial charge in [-0.25, -0.2) is 15.0 Å². The number of para-hydroxylation sites is 1. The fourth-order valence-electron chi connectivity index (χ4n) is 1.27. The van der Waals surface area contributed by atoms with Crippen molar-refractivity contribution < 1.29 is 12.6 Å². The molecule has 0 spiro atoms. The summed E-state index contributed by atoms with van der Waals surface area (Å²) in [4.78, 5) is 11.6. The van der Waals surface area contributed by atoms with Crippen molar-refractivity contribution in [1.29, 1.82) is 0 Å². The zero-order chi connectivity index (χ0) is 12.3. The van der Waals surface area contributed by atoms with Gasteiger partial charge in [-0.2, -0.15) is 8.42 Å². The molecule has 17 heavy (non-hydrogen) atoms. The van der Waals surface area contributed by atoms with Crippen molar-refractivity contribution in [3.8, 4) is 17.1 Å². The molecule has 88 valence electrons.